The Morgan fingerprint density at radius 3 is 1.67 bits per heavy atom. The summed E-state index contributed by atoms with van der Waals surface area (Å²) in [5, 5.41) is 0. The number of nitrogens with zero attached hydrogens (tertiary/aromatic N) is 1. The van der Waals surface area contributed by atoms with Gasteiger partial charge in [-0.05, 0) is 25.1 Å². The number of benzene rings is 1. The van der Waals surface area contributed by atoms with Gasteiger partial charge in [-0.2, -0.15) is 34.8 Å². The Bertz CT molecular complexity index is 640. The van der Waals surface area contributed by atoms with E-state index in [9.17, 15) is 34.8 Å². The Hall–Kier alpha value is -1.78. The molecule has 0 heterocycles. The average Bonchev–Trinajstić information content (AvgIpc) is 2.24. The van der Waals surface area contributed by atoms with E-state index < -0.39 is 44.2 Å². The highest BCUT2D eigenvalue weighted by atomic mass is 32.2. The lowest BCUT2D eigenvalue weighted by molar-refractivity contribution is -0.143. The van der Waals surface area contributed by atoms with E-state index >= 15 is 0 Å². The second-order valence-electron chi connectivity index (χ2n) is 3.95. The van der Waals surface area contributed by atoms with E-state index in [-0.39, 0.29) is 18.2 Å². The molecule has 4 nitrogen and oxygen atoms in total. The summed E-state index contributed by atoms with van der Waals surface area (Å²) in [6.07, 6.45) is -10.3. The molecule has 0 aliphatic rings. The second kappa shape index (κ2) is 5.20. The molecular formula is C10H8F6N2O2S. The highest BCUT2D eigenvalue weighted by Crippen LogP contribution is 2.37. The maximum absolute atomic E-state index is 12.6. The third-order valence-electron chi connectivity index (χ3n) is 2.12. The van der Waals surface area contributed by atoms with Crippen LogP contribution in [-0.2, 0) is 22.4 Å². The number of hydrogen-bond donors (Lipinski definition) is 1. The lowest BCUT2D eigenvalue weighted by Gasteiger charge is -2.13. The first-order chi connectivity index (χ1) is 9.23. The molecule has 0 spiro atoms. The van der Waals surface area contributed by atoms with E-state index in [2.05, 4.69) is 4.40 Å². The first-order valence-electron chi connectivity index (χ1n) is 5.10. The lowest BCUT2D eigenvalue weighted by Crippen LogP contribution is -2.14. The molecule has 0 aromatic heterocycles. The van der Waals surface area contributed by atoms with Gasteiger partial charge in [-0.25, -0.2) is 0 Å². The SMILES string of the molecule is C/C(N)=N\S(=O)(=O)c1cc(C(F)(F)F)cc(C(F)(F)F)c1. The number of amidine groups is 1. The minimum Gasteiger partial charge on any atom is -0.387 e. The number of sulfonamides is 1. The average molecular weight is 334 g/mol. The molecule has 0 atom stereocenters. The Kier molecular flexibility index (Phi) is 4.28. The lowest BCUT2D eigenvalue weighted by atomic mass is 10.1. The smallest absolute Gasteiger partial charge is 0.387 e. The third-order valence-corrected chi connectivity index (χ3v) is 3.48. The molecule has 0 aliphatic heterocycles. The van der Waals surface area contributed by atoms with E-state index in [0.717, 1.165) is 6.92 Å². The highest BCUT2D eigenvalue weighted by Gasteiger charge is 2.38. The van der Waals surface area contributed by atoms with Crippen LogP contribution in [0.5, 0.6) is 0 Å². The Morgan fingerprint density at radius 2 is 1.38 bits per heavy atom. The molecule has 2 N–H and O–H groups in total. The minimum atomic E-state index is -5.15. The van der Waals surface area contributed by atoms with E-state index in [1.54, 1.807) is 0 Å². The molecule has 0 aliphatic carbocycles. The fourth-order valence-corrected chi connectivity index (χ4v) is 2.35. The van der Waals surface area contributed by atoms with Crippen molar-refractivity contribution in [2.45, 2.75) is 24.2 Å². The molecule has 0 unspecified atom stereocenters. The minimum absolute atomic E-state index is 0.0665. The van der Waals surface area contributed by atoms with Crippen LogP contribution in [0, 0.1) is 0 Å². The van der Waals surface area contributed by atoms with Crippen LogP contribution in [0.1, 0.15) is 18.1 Å². The summed E-state index contributed by atoms with van der Waals surface area (Å²) in [6, 6.07) is -0.0495. The van der Waals surface area contributed by atoms with Gasteiger partial charge in [0, 0.05) is 0 Å². The summed E-state index contributed by atoms with van der Waals surface area (Å²) in [6.45, 7) is 1.02. The molecule has 0 amide bonds. The Morgan fingerprint density at radius 1 is 1.00 bits per heavy atom. The summed E-state index contributed by atoms with van der Waals surface area (Å²) in [5.41, 5.74) is 1.49. The van der Waals surface area contributed by atoms with Crippen molar-refractivity contribution in [3.05, 3.63) is 29.3 Å². The summed E-state index contributed by atoms with van der Waals surface area (Å²) < 4.78 is 101. The molecule has 118 valence electrons. The van der Waals surface area contributed by atoms with Gasteiger partial charge in [-0.15, -0.1) is 4.40 Å². The van der Waals surface area contributed by atoms with Crippen LogP contribution in [0.4, 0.5) is 26.3 Å². The van der Waals surface area contributed by atoms with Gasteiger partial charge in [0.15, 0.2) is 0 Å². The number of rotatable bonds is 2. The van der Waals surface area contributed by atoms with Crippen LogP contribution in [0.3, 0.4) is 0 Å². The topological polar surface area (TPSA) is 72.5 Å². The van der Waals surface area contributed by atoms with Crippen molar-refractivity contribution in [1.29, 1.82) is 0 Å². The summed E-state index contributed by atoms with van der Waals surface area (Å²) in [7, 11) is -4.76. The van der Waals surface area contributed by atoms with Gasteiger partial charge in [-0.1, -0.05) is 0 Å². The molecule has 1 rings (SSSR count). The predicted molar refractivity (Wildman–Crippen MR) is 60.9 cm³/mol. The van der Waals surface area contributed by atoms with Crippen LogP contribution in [0.15, 0.2) is 27.5 Å². The normalized spacial score (nSPS) is 14.3. The molecule has 11 heteroatoms. The monoisotopic (exact) mass is 334 g/mol. The zero-order valence-corrected chi connectivity index (χ0v) is 11.1. The van der Waals surface area contributed by atoms with Crippen molar-refractivity contribution in [2.75, 3.05) is 0 Å². The first-order valence-corrected chi connectivity index (χ1v) is 6.54. The van der Waals surface area contributed by atoms with Gasteiger partial charge in [0.05, 0.1) is 16.0 Å². The van der Waals surface area contributed by atoms with Crippen molar-refractivity contribution in [3.63, 3.8) is 0 Å². The number of halogens is 6. The van der Waals surface area contributed by atoms with E-state index in [1.807, 2.05) is 0 Å². The fraction of sp³-hybridized carbons (Fsp3) is 0.300. The van der Waals surface area contributed by atoms with Crippen molar-refractivity contribution >= 4 is 15.9 Å². The van der Waals surface area contributed by atoms with Gasteiger partial charge in [-0.3, -0.25) is 0 Å². The standard InChI is InChI=1S/C10H8F6N2O2S/c1-5(17)18-21(19,20)8-3-6(9(11,12)13)2-7(4-8)10(14,15)16/h2-4H,1H3,(H2,17,18). The molecule has 0 fully saturated rings. The maximum atomic E-state index is 12.6. The zero-order valence-electron chi connectivity index (χ0n) is 10.2. The molecule has 0 saturated carbocycles. The molecular weight excluding hydrogens is 326 g/mol. The van der Waals surface area contributed by atoms with E-state index in [1.165, 1.54) is 0 Å². The largest absolute Gasteiger partial charge is 0.416 e. The van der Waals surface area contributed by atoms with Crippen molar-refractivity contribution in [1.82, 2.24) is 0 Å². The molecule has 0 saturated heterocycles. The highest BCUT2D eigenvalue weighted by molar-refractivity contribution is 7.90. The Labute approximate surface area is 115 Å². The van der Waals surface area contributed by atoms with Crippen LogP contribution < -0.4 is 5.73 Å². The van der Waals surface area contributed by atoms with E-state index in [0.29, 0.717) is 0 Å². The van der Waals surface area contributed by atoms with Gasteiger partial charge in [0.1, 0.15) is 5.84 Å². The van der Waals surface area contributed by atoms with Gasteiger partial charge < -0.3 is 5.73 Å². The van der Waals surface area contributed by atoms with Gasteiger partial charge in [0.2, 0.25) is 0 Å². The van der Waals surface area contributed by atoms with Gasteiger partial charge in [0.25, 0.3) is 10.0 Å². The zero-order chi connectivity index (χ0) is 16.6. The summed E-state index contributed by atoms with van der Waals surface area (Å²) in [5.74, 6) is -0.527. The Balaban J connectivity index is 3.65. The van der Waals surface area contributed by atoms with Crippen LogP contribution >= 0.6 is 0 Å². The third kappa shape index (κ3) is 4.34. The van der Waals surface area contributed by atoms with Crippen molar-refractivity contribution in [2.24, 2.45) is 10.1 Å². The van der Waals surface area contributed by atoms with E-state index in [4.69, 9.17) is 5.73 Å². The van der Waals surface area contributed by atoms with Crippen molar-refractivity contribution < 1.29 is 34.8 Å². The first kappa shape index (κ1) is 17.3. The molecule has 0 radical (unpaired) electrons. The molecule has 21 heavy (non-hydrogen) atoms. The van der Waals surface area contributed by atoms with Gasteiger partial charge >= 0.3 is 12.4 Å². The molecule has 1 aromatic rings. The fourth-order valence-electron chi connectivity index (χ4n) is 1.32. The number of nitrogens with two attached hydrogens (primary N) is 1. The molecule has 0 bridgehead atoms. The quantitative estimate of drug-likeness (QED) is 0.513. The predicted octanol–water partition coefficient (Wildman–Crippen LogP) is 2.79. The number of alkyl halides is 6. The maximum Gasteiger partial charge on any atom is 0.416 e. The van der Waals surface area contributed by atoms with Crippen LogP contribution in [0.25, 0.3) is 0 Å². The second-order valence-corrected chi connectivity index (χ2v) is 5.55. The number of hydrogen-bond acceptors (Lipinski definition) is 2. The van der Waals surface area contributed by atoms with Crippen LogP contribution in [0.2, 0.25) is 0 Å². The summed E-state index contributed by atoms with van der Waals surface area (Å²) in [4.78, 5) is -1.24. The summed E-state index contributed by atoms with van der Waals surface area (Å²) >= 11 is 0. The van der Waals surface area contributed by atoms with Crippen molar-refractivity contribution in [3.8, 4) is 0 Å². The van der Waals surface area contributed by atoms with Crippen LogP contribution in [-0.4, -0.2) is 14.3 Å². The molecule has 1 aromatic carbocycles.